The van der Waals surface area contributed by atoms with Gasteiger partial charge in [0.1, 0.15) is 13.2 Å². The van der Waals surface area contributed by atoms with Crippen LogP contribution < -0.4 is 19.3 Å². The number of rotatable bonds is 0. The largest absolute Gasteiger partial charge is 0.486 e. The predicted octanol–water partition coefficient (Wildman–Crippen LogP) is 2.24. The molecule has 1 N–H and O–H groups in total. The average molecular weight is 634 g/mol. The van der Waals surface area contributed by atoms with Crippen molar-refractivity contribution in [3.8, 4) is 11.5 Å². The van der Waals surface area contributed by atoms with Gasteiger partial charge in [0, 0.05) is 25.4 Å². The molecule has 0 aromatic carbocycles. The Balaban J connectivity index is 0.000000128. The minimum absolute atomic E-state index is 0.190. The smallest absolute Gasteiger partial charge is 0.175 e. The molecule has 0 amide bonds. The van der Waals surface area contributed by atoms with E-state index in [0.717, 1.165) is 36.7 Å². The Kier molecular flexibility index (Phi) is 5.64. The number of halogens is 2. The van der Waals surface area contributed by atoms with Gasteiger partial charge >= 0.3 is 0 Å². The lowest BCUT2D eigenvalue weighted by atomic mass is 10.2. The fraction of sp³-hybridized carbons (Fsp3) is 0.450. The topological polar surface area (TPSA) is 88.0 Å². The molecule has 2 aromatic rings. The fourth-order valence-electron chi connectivity index (χ4n) is 4.33. The van der Waals surface area contributed by atoms with Gasteiger partial charge in [-0.2, -0.15) is 0 Å². The molecule has 2 aromatic heterocycles. The first-order valence-electron chi connectivity index (χ1n) is 9.79. The maximum absolute atomic E-state index is 11.4. The first-order chi connectivity index (χ1) is 14.5. The van der Waals surface area contributed by atoms with Gasteiger partial charge in [-0.15, -0.1) is 0 Å². The summed E-state index contributed by atoms with van der Waals surface area (Å²) in [5, 5.41) is 9.63. The van der Waals surface area contributed by atoms with Crippen LogP contribution in [0.1, 0.15) is 12.8 Å². The first-order valence-corrected chi connectivity index (χ1v) is 11.9. The van der Waals surface area contributed by atoms with Crippen LogP contribution in [0.5, 0.6) is 11.5 Å². The number of aromatic nitrogens is 2. The highest BCUT2D eigenvalue weighted by molar-refractivity contribution is 14.1. The van der Waals surface area contributed by atoms with E-state index in [4.69, 9.17) is 9.47 Å². The lowest BCUT2D eigenvalue weighted by molar-refractivity contribution is -0.116. The number of carbonyl (C=O) groups is 1. The summed E-state index contributed by atoms with van der Waals surface area (Å²) >= 11 is 4.47. The van der Waals surface area contributed by atoms with Gasteiger partial charge < -0.3 is 24.4 Å². The van der Waals surface area contributed by atoms with Gasteiger partial charge in [0.15, 0.2) is 28.9 Å². The average Bonchev–Trinajstić information content (AvgIpc) is 3.30. The number of hydrogen-bond acceptors (Lipinski definition) is 8. The molecule has 4 aliphatic rings. The highest BCUT2D eigenvalue weighted by atomic mass is 127. The Bertz CT molecular complexity index is 991. The molecule has 3 atom stereocenters. The maximum Gasteiger partial charge on any atom is 0.175 e. The molecule has 0 radical (unpaired) electrons. The van der Waals surface area contributed by atoms with E-state index in [1.807, 2.05) is 12.1 Å². The van der Waals surface area contributed by atoms with Gasteiger partial charge in [0.05, 0.1) is 31.9 Å². The number of anilines is 2. The quantitative estimate of drug-likeness (QED) is 0.442. The molecule has 0 spiro atoms. The summed E-state index contributed by atoms with van der Waals surface area (Å²) in [6, 6.07) is 4.33. The number of aliphatic hydroxyl groups excluding tert-OH is 1. The van der Waals surface area contributed by atoms with E-state index in [-0.39, 0.29) is 24.0 Å². The molecule has 6 rings (SSSR count). The lowest BCUT2D eigenvalue weighted by Gasteiger charge is -2.32. The summed E-state index contributed by atoms with van der Waals surface area (Å²) in [5.41, 5.74) is 0. The molecular formula is C20H20I2N4O4. The number of Topliss-reactive ketones (excluding diaryl/α,β-unsaturated/α-hetero) is 1. The summed E-state index contributed by atoms with van der Waals surface area (Å²) < 4.78 is 13.5. The molecule has 2 fully saturated rings. The monoisotopic (exact) mass is 634 g/mol. The Hall–Kier alpha value is -1.41. The van der Waals surface area contributed by atoms with Gasteiger partial charge in [-0.1, -0.05) is 0 Å². The number of ether oxygens (including phenoxy) is 2. The van der Waals surface area contributed by atoms with Crippen LogP contribution in [0.3, 0.4) is 0 Å². The Labute approximate surface area is 201 Å². The summed E-state index contributed by atoms with van der Waals surface area (Å²) in [6.07, 6.45) is 4.68. The van der Waals surface area contributed by atoms with E-state index < -0.39 is 0 Å². The van der Waals surface area contributed by atoms with Crippen LogP contribution in [-0.2, 0) is 4.79 Å². The molecule has 10 heteroatoms. The van der Waals surface area contributed by atoms with Gasteiger partial charge in [-0.3, -0.25) is 4.79 Å². The third kappa shape index (κ3) is 3.70. The highest BCUT2D eigenvalue weighted by Crippen LogP contribution is 2.39. The number of hydrogen-bond donors (Lipinski definition) is 1. The SMILES string of the molecule is O=C1C[C@H]2COc3c(I)ccnc3N2C1.OC1CC2COc3c(I)ccnc3N2C1. The van der Waals surface area contributed by atoms with Crippen molar-refractivity contribution in [2.75, 3.05) is 36.1 Å². The highest BCUT2D eigenvalue weighted by Gasteiger charge is 2.38. The van der Waals surface area contributed by atoms with Gasteiger partial charge in [0.2, 0.25) is 0 Å². The summed E-state index contributed by atoms with van der Waals surface area (Å²) in [5.74, 6) is 3.67. The van der Waals surface area contributed by atoms with E-state index in [1.165, 1.54) is 0 Å². The van der Waals surface area contributed by atoms with Crippen molar-refractivity contribution < 1.29 is 19.4 Å². The molecule has 30 heavy (non-hydrogen) atoms. The van der Waals surface area contributed by atoms with Gasteiger partial charge in [-0.05, 0) is 63.7 Å². The second kappa shape index (κ2) is 8.26. The summed E-state index contributed by atoms with van der Waals surface area (Å²) in [6.45, 7) is 2.41. The van der Waals surface area contributed by atoms with E-state index >= 15 is 0 Å². The number of fused-ring (bicyclic) bond motifs is 6. The number of carbonyl (C=O) groups excluding carboxylic acids is 1. The Morgan fingerprint density at radius 1 is 0.967 bits per heavy atom. The number of aliphatic hydroxyl groups is 1. The zero-order chi connectivity index (χ0) is 20.8. The molecular weight excluding hydrogens is 614 g/mol. The lowest BCUT2D eigenvalue weighted by Crippen LogP contribution is -2.39. The summed E-state index contributed by atoms with van der Waals surface area (Å²) in [4.78, 5) is 24.2. The zero-order valence-corrected chi connectivity index (χ0v) is 20.3. The number of pyridine rings is 2. The van der Waals surface area contributed by atoms with Crippen LogP contribution >= 0.6 is 45.2 Å². The van der Waals surface area contributed by atoms with Gasteiger partial charge in [-0.25, -0.2) is 9.97 Å². The van der Waals surface area contributed by atoms with Crippen LogP contribution in [0.15, 0.2) is 24.5 Å². The van der Waals surface area contributed by atoms with Crippen molar-refractivity contribution in [3.63, 3.8) is 0 Å². The third-order valence-corrected chi connectivity index (χ3v) is 7.40. The molecule has 158 valence electrons. The van der Waals surface area contributed by atoms with Crippen molar-refractivity contribution in [1.82, 2.24) is 9.97 Å². The molecule has 2 unspecified atom stereocenters. The predicted molar refractivity (Wildman–Crippen MR) is 127 cm³/mol. The minimum atomic E-state index is -0.246. The van der Waals surface area contributed by atoms with Crippen molar-refractivity contribution in [2.24, 2.45) is 0 Å². The van der Waals surface area contributed by atoms with Crippen LogP contribution in [0.25, 0.3) is 0 Å². The molecule has 8 nitrogen and oxygen atoms in total. The van der Waals surface area contributed by atoms with Crippen molar-refractivity contribution in [2.45, 2.75) is 31.0 Å². The molecule has 0 bridgehead atoms. The van der Waals surface area contributed by atoms with Crippen LogP contribution in [0.4, 0.5) is 11.6 Å². The minimum Gasteiger partial charge on any atom is -0.486 e. The molecule has 2 saturated heterocycles. The maximum atomic E-state index is 11.4. The molecule has 0 saturated carbocycles. The third-order valence-electron chi connectivity index (χ3n) is 5.70. The second-order valence-electron chi connectivity index (χ2n) is 7.73. The summed E-state index contributed by atoms with van der Waals surface area (Å²) in [7, 11) is 0. The van der Waals surface area contributed by atoms with Crippen LogP contribution in [-0.4, -0.2) is 65.3 Å². The zero-order valence-electron chi connectivity index (χ0n) is 16.0. The Morgan fingerprint density at radius 2 is 1.57 bits per heavy atom. The van der Waals surface area contributed by atoms with Crippen LogP contribution in [0, 0.1) is 7.14 Å². The van der Waals surface area contributed by atoms with E-state index in [9.17, 15) is 9.90 Å². The van der Waals surface area contributed by atoms with E-state index in [2.05, 4.69) is 64.9 Å². The number of ketones is 1. The van der Waals surface area contributed by atoms with Gasteiger partial charge in [0.25, 0.3) is 0 Å². The second-order valence-corrected chi connectivity index (χ2v) is 10.1. The van der Waals surface area contributed by atoms with Crippen molar-refractivity contribution >= 4 is 62.6 Å². The Morgan fingerprint density at radius 3 is 2.23 bits per heavy atom. The first kappa shape index (κ1) is 20.5. The molecule has 4 aliphatic heterocycles. The van der Waals surface area contributed by atoms with Crippen molar-refractivity contribution in [3.05, 3.63) is 31.7 Å². The van der Waals surface area contributed by atoms with E-state index in [0.29, 0.717) is 32.7 Å². The molecule has 6 heterocycles. The van der Waals surface area contributed by atoms with E-state index in [1.54, 1.807) is 12.4 Å². The normalized spacial score (nSPS) is 25.8. The standard InChI is InChI=1S/C10H11IN2O2.C10H9IN2O2/c2*11-8-1-2-12-10-9(8)15-5-6-3-7(14)4-13(6)10/h1-2,6-7,14H,3-5H2;1-2,6H,3-5H2/t;6-/m.0/s1. The molecule has 0 aliphatic carbocycles. The van der Waals surface area contributed by atoms with Crippen molar-refractivity contribution in [1.29, 1.82) is 0 Å². The fourth-order valence-corrected chi connectivity index (χ4v) is 5.44. The van der Waals surface area contributed by atoms with Crippen LogP contribution in [0.2, 0.25) is 0 Å². The number of nitrogens with zero attached hydrogens (tertiary/aromatic N) is 4.